The third-order valence-electron chi connectivity index (χ3n) is 2.89. The number of nitrogens with one attached hydrogen (secondary N) is 1. The summed E-state index contributed by atoms with van der Waals surface area (Å²) in [6, 6.07) is 3.22. The molecule has 2 rings (SSSR count). The van der Waals surface area contributed by atoms with Crippen LogP contribution in [-0.4, -0.2) is 14.8 Å². The van der Waals surface area contributed by atoms with E-state index >= 15 is 0 Å². The number of nitrogens with zero attached hydrogens (tertiary/aromatic N) is 3. The van der Waals surface area contributed by atoms with Crippen molar-refractivity contribution in [1.82, 2.24) is 14.8 Å². The topological polar surface area (TPSA) is 42.7 Å². The standard InChI is InChI=1S/C12H14BrFN4/c1-7-4-9(13)10(14)5-11(7)15-6-12-17-16-8(2)18(12)3/h4-5,15H,6H2,1-3H3. The summed E-state index contributed by atoms with van der Waals surface area (Å²) in [6.45, 7) is 4.33. The van der Waals surface area contributed by atoms with E-state index in [-0.39, 0.29) is 5.82 Å². The Morgan fingerprint density at radius 3 is 2.67 bits per heavy atom. The van der Waals surface area contributed by atoms with Gasteiger partial charge >= 0.3 is 0 Å². The van der Waals surface area contributed by atoms with E-state index in [2.05, 4.69) is 31.4 Å². The fourth-order valence-corrected chi connectivity index (χ4v) is 2.07. The minimum atomic E-state index is -0.280. The highest BCUT2D eigenvalue weighted by atomic mass is 79.9. The molecule has 1 aromatic heterocycles. The monoisotopic (exact) mass is 312 g/mol. The highest BCUT2D eigenvalue weighted by Crippen LogP contribution is 2.24. The predicted octanol–water partition coefficient (Wildman–Crippen LogP) is 2.95. The lowest BCUT2D eigenvalue weighted by Crippen LogP contribution is -2.07. The summed E-state index contributed by atoms with van der Waals surface area (Å²) in [4.78, 5) is 0. The van der Waals surface area contributed by atoms with Crippen molar-refractivity contribution in [1.29, 1.82) is 0 Å². The summed E-state index contributed by atoms with van der Waals surface area (Å²) in [5.74, 6) is 1.39. The summed E-state index contributed by atoms with van der Waals surface area (Å²) in [7, 11) is 1.90. The first-order chi connectivity index (χ1) is 8.49. The number of anilines is 1. The third-order valence-corrected chi connectivity index (χ3v) is 3.49. The van der Waals surface area contributed by atoms with Crippen LogP contribution < -0.4 is 5.32 Å². The molecule has 0 unspecified atom stereocenters. The largest absolute Gasteiger partial charge is 0.377 e. The Bertz CT molecular complexity index is 580. The Labute approximate surface area is 113 Å². The molecule has 1 aromatic carbocycles. The van der Waals surface area contributed by atoms with E-state index in [9.17, 15) is 4.39 Å². The lowest BCUT2D eigenvalue weighted by Gasteiger charge is -2.10. The average molecular weight is 313 g/mol. The molecule has 0 aliphatic heterocycles. The fraction of sp³-hybridized carbons (Fsp3) is 0.333. The van der Waals surface area contributed by atoms with Gasteiger partial charge in [-0.05, 0) is 47.5 Å². The van der Waals surface area contributed by atoms with Crippen molar-refractivity contribution in [3.8, 4) is 0 Å². The van der Waals surface area contributed by atoms with Crippen LogP contribution >= 0.6 is 15.9 Å². The lowest BCUT2D eigenvalue weighted by molar-refractivity contribution is 0.621. The van der Waals surface area contributed by atoms with Crippen LogP contribution in [0, 0.1) is 19.7 Å². The Balaban J connectivity index is 2.16. The molecular weight excluding hydrogens is 299 g/mol. The molecule has 0 bridgehead atoms. The van der Waals surface area contributed by atoms with E-state index in [1.54, 1.807) is 6.07 Å². The van der Waals surface area contributed by atoms with Crippen LogP contribution in [0.4, 0.5) is 10.1 Å². The molecule has 4 nitrogen and oxygen atoms in total. The zero-order valence-corrected chi connectivity index (χ0v) is 12.0. The predicted molar refractivity (Wildman–Crippen MR) is 71.9 cm³/mol. The average Bonchev–Trinajstić information content (AvgIpc) is 2.63. The molecule has 0 atom stereocenters. The van der Waals surface area contributed by atoms with Gasteiger partial charge in [0, 0.05) is 12.7 Å². The van der Waals surface area contributed by atoms with Crippen LogP contribution in [0.1, 0.15) is 17.2 Å². The normalized spacial score (nSPS) is 10.7. The van der Waals surface area contributed by atoms with Crippen molar-refractivity contribution in [2.24, 2.45) is 7.05 Å². The highest BCUT2D eigenvalue weighted by Gasteiger charge is 2.08. The molecule has 0 saturated carbocycles. The number of benzene rings is 1. The number of rotatable bonds is 3. The second-order valence-electron chi connectivity index (χ2n) is 4.16. The number of aromatic nitrogens is 3. The van der Waals surface area contributed by atoms with Gasteiger partial charge in [0.2, 0.25) is 0 Å². The van der Waals surface area contributed by atoms with Crippen LogP contribution in [0.2, 0.25) is 0 Å². The van der Waals surface area contributed by atoms with Gasteiger partial charge in [-0.2, -0.15) is 0 Å². The maximum Gasteiger partial charge on any atom is 0.152 e. The van der Waals surface area contributed by atoms with Gasteiger partial charge in [0.1, 0.15) is 11.6 Å². The van der Waals surface area contributed by atoms with E-state index < -0.39 is 0 Å². The van der Waals surface area contributed by atoms with Gasteiger partial charge in [0.15, 0.2) is 5.82 Å². The van der Waals surface area contributed by atoms with Crippen molar-refractivity contribution < 1.29 is 4.39 Å². The fourth-order valence-electron chi connectivity index (χ4n) is 1.62. The van der Waals surface area contributed by atoms with Gasteiger partial charge in [-0.3, -0.25) is 0 Å². The van der Waals surface area contributed by atoms with E-state index in [1.807, 2.05) is 25.5 Å². The molecule has 1 heterocycles. The van der Waals surface area contributed by atoms with E-state index in [4.69, 9.17) is 0 Å². The Morgan fingerprint density at radius 2 is 2.06 bits per heavy atom. The minimum absolute atomic E-state index is 0.280. The summed E-state index contributed by atoms with van der Waals surface area (Å²) in [5, 5.41) is 11.2. The van der Waals surface area contributed by atoms with Crippen LogP contribution in [-0.2, 0) is 13.6 Å². The first kappa shape index (κ1) is 13.0. The summed E-state index contributed by atoms with van der Waals surface area (Å²) >= 11 is 3.16. The maximum atomic E-state index is 13.4. The SMILES string of the molecule is Cc1cc(Br)c(F)cc1NCc1nnc(C)n1C. The minimum Gasteiger partial charge on any atom is -0.377 e. The molecule has 0 spiro atoms. The number of halogens is 2. The van der Waals surface area contributed by atoms with Crippen molar-refractivity contribution in [3.05, 3.63) is 39.6 Å². The smallest absolute Gasteiger partial charge is 0.152 e. The summed E-state index contributed by atoms with van der Waals surface area (Å²) in [5.41, 5.74) is 1.73. The molecule has 0 radical (unpaired) electrons. The first-order valence-electron chi connectivity index (χ1n) is 5.53. The Hall–Kier alpha value is -1.43. The summed E-state index contributed by atoms with van der Waals surface area (Å²) in [6.07, 6.45) is 0. The number of hydrogen-bond acceptors (Lipinski definition) is 3. The van der Waals surface area contributed by atoms with Crippen molar-refractivity contribution in [3.63, 3.8) is 0 Å². The second-order valence-corrected chi connectivity index (χ2v) is 5.01. The quantitative estimate of drug-likeness (QED) is 0.947. The van der Waals surface area contributed by atoms with E-state index in [0.717, 1.165) is 22.9 Å². The lowest BCUT2D eigenvalue weighted by atomic mass is 10.2. The molecule has 18 heavy (non-hydrogen) atoms. The van der Waals surface area contributed by atoms with Gasteiger partial charge in [-0.25, -0.2) is 4.39 Å². The molecule has 0 fully saturated rings. The molecule has 0 saturated heterocycles. The van der Waals surface area contributed by atoms with Crippen LogP contribution in [0.15, 0.2) is 16.6 Å². The van der Waals surface area contributed by atoms with Crippen LogP contribution in [0.3, 0.4) is 0 Å². The van der Waals surface area contributed by atoms with Crippen LogP contribution in [0.5, 0.6) is 0 Å². The zero-order valence-electron chi connectivity index (χ0n) is 10.5. The number of hydrogen-bond donors (Lipinski definition) is 1. The second kappa shape index (κ2) is 5.06. The van der Waals surface area contributed by atoms with Crippen molar-refractivity contribution >= 4 is 21.6 Å². The number of aryl methyl sites for hydroxylation is 2. The van der Waals surface area contributed by atoms with Crippen molar-refractivity contribution in [2.75, 3.05) is 5.32 Å². The zero-order chi connectivity index (χ0) is 13.3. The van der Waals surface area contributed by atoms with E-state index in [0.29, 0.717) is 11.0 Å². The molecule has 0 amide bonds. The highest BCUT2D eigenvalue weighted by molar-refractivity contribution is 9.10. The van der Waals surface area contributed by atoms with Gasteiger partial charge < -0.3 is 9.88 Å². The third kappa shape index (κ3) is 2.53. The molecule has 1 N–H and O–H groups in total. The molecular formula is C12H14BrFN4. The van der Waals surface area contributed by atoms with Gasteiger partial charge in [-0.15, -0.1) is 10.2 Å². The molecule has 0 aliphatic rings. The van der Waals surface area contributed by atoms with Gasteiger partial charge in [0.25, 0.3) is 0 Å². The van der Waals surface area contributed by atoms with Gasteiger partial charge in [0.05, 0.1) is 11.0 Å². The van der Waals surface area contributed by atoms with Crippen LogP contribution in [0.25, 0.3) is 0 Å². The first-order valence-corrected chi connectivity index (χ1v) is 6.32. The molecule has 6 heteroatoms. The van der Waals surface area contributed by atoms with Crippen molar-refractivity contribution in [2.45, 2.75) is 20.4 Å². The maximum absolute atomic E-state index is 13.4. The molecule has 96 valence electrons. The molecule has 0 aliphatic carbocycles. The molecule has 2 aromatic rings. The Morgan fingerprint density at radius 1 is 1.33 bits per heavy atom. The summed E-state index contributed by atoms with van der Waals surface area (Å²) < 4.78 is 15.8. The van der Waals surface area contributed by atoms with Gasteiger partial charge in [-0.1, -0.05) is 0 Å². The van der Waals surface area contributed by atoms with E-state index in [1.165, 1.54) is 6.07 Å². The Kier molecular flexibility index (Phi) is 3.65.